The Labute approximate surface area is 164 Å². The van der Waals surface area contributed by atoms with E-state index in [2.05, 4.69) is 10.3 Å². The molecule has 1 aromatic carbocycles. The number of ether oxygens (including phenoxy) is 2. The van der Waals surface area contributed by atoms with Gasteiger partial charge >= 0.3 is 0 Å². The molecule has 0 unspecified atom stereocenters. The summed E-state index contributed by atoms with van der Waals surface area (Å²) in [5.41, 5.74) is 8.01. The lowest BCUT2D eigenvalue weighted by Crippen LogP contribution is -2.28. The van der Waals surface area contributed by atoms with Gasteiger partial charge in [-0.15, -0.1) is 0 Å². The monoisotopic (exact) mass is 382 g/mol. The van der Waals surface area contributed by atoms with Gasteiger partial charge in [-0.05, 0) is 57.0 Å². The van der Waals surface area contributed by atoms with E-state index in [1.807, 2.05) is 13.8 Å². The number of hydrogen-bond donors (Lipinski definition) is 3. The molecule has 4 N–H and O–H groups in total. The maximum absolute atomic E-state index is 12.4. The summed E-state index contributed by atoms with van der Waals surface area (Å²) in [6.07, 6.45) is 3.02. The summed E-state index contributed by atoms with van der Waals surface area (Å²) in [6.45, 7) is 5.09. The van der Waals surface area contributed by atoms with Gasteiger partial charge in [0.05, 0.1) is 11.8 Å². The highest BCUT2D eigenvalue weighted by atomic mass is 16.5. The van der Waals surface area contributed by atoms with Crippen molar-refractivity contribution in [2.75, 3.05) is 24.3 Å². The molecular formula is C21H26N4O3. The molecule has 1 fully saturated rings. The summed E-state index contributed by atoms with van der Waals surface area (Å²) >= 11 is 0. The summed E-state index contributed by atoms with van der Waals surface area (Å²) in [6, 6.07) is 8.70. The molecule has 0 saturated carbocycles. The van der Waals surface area contributed by atoms with Crippen LogP contribution in [0.25, 0.3) is 0 Å². The van der Waals surface area contributed by atoms with E-state index in [0.717, 1.165) is 0 Å². The van der Waals surface area contributed by atoms with Crippen molar-refractivity contribution in [3.63, 3.8) is 0 Å². The molecule has 0 atom stereocenters. The van der Waals surface area contributed by atoms with Gasteiger partial charge in [-0.1, -0.05) is 0 Å². The second-order valence-electron chi connectivity index (χ2n) is 7.10. The van der Waals surface area contributed by atoms with Gasteiger partial charge in [0.15, 0.2) is 0 Å². The minimum absolute atomic E-state index is 0.0265. The number of nitrogens with one attached hydrogen (secondary N) is 2. The maximum atomic E-state index is 12.4. The molecule has 1 amide bonds. The Morgan fingerprint density at radius 1 is 1.29 bits per heavy atom. The summed E-state index contributed by atoms with van der Waals surface area (Å²) < 4.78 is 11.0. The van der Waals surface area contributed by atoms with Gasteiger partial charge in [0.1, 0.15) is 11.6 Å². The topological polar surface area (TPSA) is 110 Å². The van der Waals surface area contributed by atoms with Crippen molar-refractivity contribution in [1.29, 1.82) is 5.41 Å². The van der Waals surface area contributed by atoms with Crippen LogP contribution in [0.4, 0.5) is 11.5 Å². The lowest BCUT2D eigenvalue weighted by Gasteiger charge is -2.21. The molecule has 1 aliphatic heterocycles. The van der Waals surface area contributed by atoms with Crippen molar-refractivity contribution < 1.29 is 14.3 Å². The normalized spacial score (nSPS) is 14.7. The Morgan fingerprint density at radius 3 is 2.75 bits per heavy atom. The molecule has 1 aliphatic rings. The Bertz CT molecular complexity index is 860. The SMILES string of the molecule is CC(C)Oc1ccc(N)c(C(=N)c2ccnc(NC(=O)C3CCOCC3)c2)c1. The predicted octanol–water partition coefficient (Wildman–Crippen LogP) is 3.23. The number of aromatic nitrogens is 1. The molecule has 0 radical (unpaired) electrons. The van der Waals surface area contributed by atoms with E-state index >= 15 is 0 Å². The maximum Gasteiger partial charge on any atom is 0.228 e. The van der Waals surface area contributed by atoms with Crippen LogP contribution in [-0.2, 0) is 9.53 Å². The third-order valence-corrected chi connectivity index (χ3v) is 4.56. The molecule has 28 heavy (non-hydrogen) atoms. The number of benzene rings is 1. The zero-order chi connectivity index (χ0) is 20.1. The minimum Gasteiger partial charge on any atom is -0.491 e. The fourth-order valence-electron chi connectivity index (χ4n) is 3.10. The summed E-state index contributed by atoms with van der Waals surface area (Å²) in [7, 11) is 0. The van der Waals surface area contributed by atoms with Gasteiger partial charge in [-0.2, -0.15) is 0 Å². The van der Waals surface area contributed by atoms with Crippen molar-refractivity contribution in [2.45, 2.75) is 32.8 Å². The molecule has 7 nitrogen and oxygen atoms in total. The Kier molecular flexibility index (Phi) is 6.26. The number of anilines is 2. The minimum atomic E-state index is -0.0702. The third-order valence-electron chi connectivity index (χ3n) is 4.56. The van der Waals surface area contributed by atoms with Crippen LogP contribution in [-0.4, -0.2) is 35.9 Å². The van der Waals surface area contributed by atoms with Crippen LogP contribution < -0.4 is 15.8 Å². The first-order valence-corrected chi connectivity index (χ1v) is 9.44. The Hall–Kier alpha value is -2.93. The first-order valence-electron chi connectivity index (χ1n) is 9.44. The van der Waals surface area contributed by atoms with Gasteiger partial charge < -0.3 is 20.5 Å². The zero-order valence-electron chi connectivity index (χ0n) is 16.2. The summed E-state index contributed by atoms with van der Waals surface area (Å²) in [5.74, 6) is 0.948. The molecule has 2 aromatic rings. The molecule has 148 valence electrons. The molecule has 1 aromatic heterocycles. The lowest BCUT2D eigenvalue weighted by molar-refractivity contribution is -0.122. The van der Waals surface area contributed by atoms with Crippen molar-refractivity contribution in [2.24, 2.45) is 5.92 Å². The van der Waals surface area contributed by atoms with Gasteiger partial charge in [0.2, 0.25) is 5.91 Å². The van der Waals surface area contributed by atoms with Crippen LogP contribution in [0.5, 0.6) is 5.75 Å². The Balaban J connectivity index is 1.77. The number of rotatable bonds is 6. The number of nitrogens with two attached hydrogens (primary N) is 1. The van der Waals surface area contributed by atoms with E-state index in [1.54, 1.807) is 36.5 Å². The molecule has 7 heteroatoms. The van der Waals surface area contributed by atoms with E-state index < -0.39 is 0 Å². The highest BCUT2D eigenvalue weighted by Crippen LogP contribution is 2.24. The number of nitrogens with zero attached hydrogens (tertiary/aromatic N) is 1. The first kappa shape index (κ1) is 19.8. The number of amides is 1. The van der Waals surface area contributed by atoms with E-state index in [0.29, 0.717) is 54.4 Å². The van der Waals surface area contributed by atoms with Crippen molar-refractivity contribution in [3.8, 4) is 5.75 Å². The number of carbonyl (C=O) groups is 1. The molecule has 2 heterocycles. The average molecular weight is 382 g/mol. The summed E-state index contributed by atoms with van der Waals surface area (Å²) in [5, 5.41) is 11.4. The number of pyridine rings is 1. The van der Waals surface area contributed by atoms with E-state index in [4.69, 9.17) is 20.6 Å². The second kappa shape index (κ2) is 8.84. The molecule has 0 bridgehead atoms. The zero-order valence-corrected chi connectivity index (χ0v) is 16.2. The van der Waals surface area contributed by atoms with Crippen LogP contribution in [0, 0.1) is 11.3 Å². The van der Waals surface area contributed by atoms with Crippen molar-refractivity contribution >= 4 is 23.1 Å². The van der Waals surface area contributed by atoms with Crippen molar-refractivity contribution in [1.82, 2.24) is 4.98 Å². The number of nitrogen functional groups attached to an aromatic ring is 1. The second-order valence-corrected chi connectivity index (χ2v) is 7.10. The fourth-order valence-corrected chi connectivity index (χ4v) is 3.10. The van der Waals surface area contributed by atoms with Gasteiger partial charge in [0, 0.05) is 42.1 Å². The Morgan fingerprint density at radius 2 is 2.04 bits per heavy atom. The standard InChI is InChI=1S/C21H26N4O3/c1-13(2)28-16-3-4-18(22)17(12-16)20(23)15-5-8-24-19(11-15)25-21(26)14-6-9-27-10-7-14/h3-5,8,11-14,23H,6-7,9-10,22H2,1-2H3,(H,24,25,26). The lowest BCUT2D eigenvalue weighted by atomic mass is 9.99. The van der Waals surface area contributed by atoms with Crippen molar-refractivity contribution in [3.05, 3.63) is 47.7 Å². The first-order chi connectivity index (χ1) is 13.4. The third kappa shape index (κ3) is 4.86. The van der Waals surface area contributed by atoms with Crippen LogP contribution in [0.15, 0.2) is 36.5 Å². The quantitative estimate of drug-likeness (QED) is 0.525. The highest BCUT2D eigenvalue weighted by molar-refractivity contribution is 6.14. The molecule has 0 aliphatic carbocycles. The van der Waals surface area contributed by atoms with Crippen LogP contribution in [0.2, 0.25) is 0 Å². The van der Waals surface area contributed by atoms with Gasteiger partial charge in [0.25, 0.3) is 0 Å². The predicted molar refractivity (Wildman–Crippen MR) is 109 cm³/mol. The fraction of sp³-hybridized carbons (Fsp3) is 0.381. The smallest absolute Gasteiger partial charge is 0.228 e. The van der Waals surface area contributed by atoms with Gasteiger partial charge in [-0.25, -0.2) is 4.98 Å². The number of hydrogen-bond acceptors (Lipinski definition) is 6. The van der Waals surface area contributed by atoms with E-state index in [-0.39, 0.29) is 23.6 Å². The van der Waals surface area contributed by atoms with E-state index in [1.165, 1.54) is 0 Å². The largest absolute Gasteiger partial charge is 0.491 e. The summed E-state index contributed by atoms with van der Waals surface area (Å²) in [4.78, 5) is 16.6. The average Bonchev–Trinajstić information content (AvgIpc) is 2.69. The molecule has 1 saturated heterocycles. The van der Waals surface area contributed by atoms with E-state index in [9.17, 15) is 4.79 Å². The highest BCUT2D eigenvalue weighted by Gasteiger charge is 2.22. The molecule has 3 rings (SSSR count). The van der Waals surface area contributed by atoms with Gasteiger partial charge in [-0.3, -0.25) is 10.2 Å². The van der Waals surface area contributed by atoms with Crippen LogP contribution in [0.1, 0.15) is 37.8 Å². The van der Waals surface area contributed by atoms with Crippen LogP contribution in [0.3, 0.4) is 0 Å². The molecular weight excluding hydrogens is 356 g/mol. The molecule has 0 spiro atoms. The number of carbonyl (C=O) groups excluding carboxylic acids is 1. The van der Waals surface area contributed by atoms with Crippen LogP contribution >= 0.6 is 0 Å².